The molecule has 0 radical (unpaired) electrons. The third-order valence-corrected chi connectivity index (χ3v) is 5.92. The monoisotopic (exact) mass is 282 g/mol. The van der Waals surface area contributed by atoms with E-state index in [0.29, 0.717) is 23.9 Å². The van der Waals surface area contributed by atoms with Crippen LogP contribution in [0.15, 0.2) is 23.1 Å². The molecule has 0 amide bonds. The molecule has 106 valence electrons. The van der Waals surface area contributed by atoms with Gasteiger partial charge in [0.1, 0.15) is 0 Å². The van der Waals surface area contributed by atoms with E-state index in [4.69, 9.17) is 5.73 Å². The standard InChI is InChI=1S/C14H22N2O2S/c1-10-6-12(3)16(9-10)19(17,18)14-7-13(8-15)5-4-11(14)2/h4-5,7,10,12H,6,8-9,15H2,1-3H3. The quantitative estimate of drug-likeness (QED) is 0.920. The predicted octanol–water partition coefficient (Wildman–Crippen LogP) is 1.87. The summed E-state index contributed by atoms with van der Waals surface area (Å²) in [7, 11) is -3.41. The van der Waals surface area contributed by atoms with Crippen molar-refractivity contribution < 1.29 is 8.42 Å². The van der Waals surface area contributed by atoms with E-state index in [1.807, 2.05) is 26.0 Å². The maximum absolute atomic E-state index is 12.8. The summed E-state index contributed by atoms with van der Waals surface area (Å²) in [6.07, 6.45) is 0.925. The van der Waals surface area contributed by atoms with Gasteiger partial charge in [-0.05, 0) is 43.4 Å². The predicted molar refractivity (Wildman–Crippen MR) is 76.2 cm³/mol. The summed E-state index contributed by atoms with van der Waals surface area (Å²) in [5, 5.41) is 0. The maximum Gasteiger partial charge on any atom is 0.243 e. The summed E-state index contributed by atoms with van der Waals surface area (Å²) in [4.78, 5) is 0.399. The van der Waals surface area contributed by atoms with Crippen molar-refractivity contribution in [1.82, 2.24) is 4.31 Å². The highest BCUT2D eigenvalue weighted by atomic mass is 32.2. The van der Waals surface area contributed by atoms with E-state index in [9.17, 15) is 8.42 Å². The Morgan fingerprint density at radius 1 is 1.37 bits per heavy atom. The molecule has 1 aromatic carbocycles. The van der Waals surface area contributed by atoms with Crippen molar-refractivity contribution >= 4 is 10.0 Å². The van der Waals surface area contributed by atoms with Crippen LogP contribution in [0.5, 0.6) is 0 Å². The fourth-order valence-corrected chi connectivity index (χ4v) is 4.81. The number of nitrogens with zero attached hydrogens (tertiary/aromatic N) is 1. The van der Waals surface area contributed by atoms with E-state index in [1.165, 1.54) is 0 Å². The lowest BCUT2D eigenvalue weighted by Gasteiger charge is -2.22. The van der Waals surface area contributed by atoms with Crippen LogP contribution in [0.4, 0.5) is 0 Å². The SMILES string of the molecule is Cc1ccc(CN)cc1S(=O)(=O)N1CC(C)CC1C. The molecule has 5 heteroatoms. The van der Waals surface area contributed by atoms with Crippen molar-refractivity contribution in [2.24, 2.45) is 11.7 Å². The minimum absolute atomic E-state index is 0.0703. The second-order valence-corrected chi connectivity index (χ2v) is 7.43. The maximum atomic E-state index is 12.8. The van der Waals surface area contributed by atoms with Gasteiger partial charge < -0.3 is 5.73 Å². The van der Waals surface area contributed by atoms with Gasteiger partial charge in [0.25, 0.3) is 0 Å². The number of hydrogen-bond acceptors (Lipinski definition) is 3. The minimum Gasteiger partial charge on any atom is -0.326 e. The van der Waals surface area contributed by atoms with Crippen LogP contribution in [-0.4, -0.2) is 25.3 Å². The first kappa shape index (κ1) is 14.5. The van der Waals surface area contributed by atoms with Crippen LogP contribution in [0.3, 0.4) is 0 Å². The molecular formula is C14H22N2O2S. The lowest BCUT2D eigenvalue weighted by molar-refractivity contribution is 0.405. The van der Waals surface area contributed by atoms with Crippen molar-refractivity contribution in [1.29, 1.82) is 0 Å². The molecule has 1 fully saturated rings. The van der Waals surface area contributed by atoms with Crippen LogP contribution >= 0.6 is 0 Å². The second kappa shape index (κ2) is 5.23. The average Bonchev–Trinajstić information content (AvgIpc) is 2.69. The summed E-state index contributed by atoms with van der Waals surface area (Å²) in [6.45, 7) is 6.86. The Labute approximate surface area is 115 Å². The summed E-state index contributed by atoms with van der Waals surface area (Å²) in [5.74, 6) is 0.419. The zero-order valence-electron chi connectivity index (χ0n) is 11.8. The molecule has 4 nitrogen and oxygen atoms in total. The van der Waals surface area contributed by atoms with Gasteiger partial charge in [-0.2, -0.15) is 4.31 Å². The molecule has 1 aliphatic heterocycles. The molecule has 2 unspecified atom stereocenters. The molecule has 2 atom stereocenters. The van der Waals surface area contributed by atoms with E-state index < -0.39 is 10.0 Å². The number of rotatable bonds is 3. The largest absolute Gasteiger partial charge is 0.326 e. The van der Waals surface area contributed by atoms with Gasteiger partial charge in [-0.3, -0.25) is 0 Å². The molecule has 0 aliphatic carbocycles. The van der Waals surface area contributed by atoms with Gasteiger partial charge in [0, 0.05) is 19.1 Å². The number of hydrogen-bond donors (Lipinski definition) is 1. The lowest BCUT2D eigenvalue weighted by Crippen LogP contribution is -2.34. The van der Waals surface area contributed by atoms with E-state index >= 15 is 0 Å². The highest BCUT2D eigenvalue weighted by Crippen LogP contribution is 2.30. The molecule has 0 spiro atoms. The van der Waals surface area contributed by atoms with Gasteiger partial charge >= 0.3 is 0 Å². The van der Waals surface area contributed by atoms with Gasteiger partial charge in [-0.15, -0.1) is 0 Å². The van der Waals surface area contributed by atoms with E-state index in [1.54, 1.807) is 10.4 Å². The highest BCUT2D eigenvalue weighted by Gasteiger charge is 2.36. The van der Waals surface area contributed by atoms with E-state index in [-0.39, 0.29) is 6.04 Å². The molecule has 0 aromatic heterocycles. The normalized spacial score (nSPS) is 24.8. The first-order valence-electron chi connectivity index (χ1n) is 6.67. The highest BCUT2D eigenvalue weighted by molar-refractivity contribution is 7.89. The summed E-state index contributed by atoms with van der Waals surface area (Å²) in [5.41, 5.74) is 7.24. The zero-order valence-corrected chi connectivity index (χ0v) is 12.6. The van der Waals surface area contributed by atoms with Gasteiger partial charge in [0.2, 0.25) is 10.0 Å². The topological polar surface area (TPSA) is 63.4 Å². The smallest absolute Gasteiger partial charge is 0.243 e. The number of sulfonamides is 1. The van der Waals surface area contributed by atoms with Crippen molar-refractivity contribution in [3.8, 4) is 0 Å². The Morgan fingerprint density at radius 2 is 2.05 bits per heavy atom. The Kier molecular flexibility index (Phi) is 3.99. The molecule has 1 aliphatic rings. The summed E-state index contributed by atoms with van der Waals surface area (Å²) in [6, 6.07) is 5.49. The van der Waals surface area contributed by atoms with Gasteiger partial charge in [-0.25, -0.2) is 8.42 Å². The molecule has 2 N–H and O–H groups in total. The summed E-state index contributed by atoms with van der Waals surface area (Å²) < 4.78 is 27.2. The summed E-state index contributed by atoms with van der Waals surface area (Å²) >= 11 is 0. The molecule has 1 heterocycles. The minimum atomic E-state index is -3.41. The Morgan fingerprint density at radius 3 is 2.58 bits per heavy atom. The van der Waals surface area contributed by atoms with Gasteiger partial charge in [0.05, 0.1) is 4.90 Å². The van der Waals surface area contributed by atoms with Crippen LogP contribution in [-0.2, 0) is 16.6 Å². The number of benzene rings is 1. The lowest BCUT2D eigenvalue weighted by atomic mass is 10.1. The molecule has 1 saturated heterocycles. The molecule has 2 rings (SSSR count). The first-order valence-corrected chi connectivity index (χ1v) is 8.11. The number of aryl methyl sites for hydroxylation is 1. The van der Waals surface area contributed by atoms with Crippen LogP contribution in [0.25, 0.3) is 0 Å². The third kappa shape index (κ3) is 2.68. The van der Waals surface area contributed by atoms with Gasteiger partial charge in [0.15, 0.2) is 0 Å². The van der Waals surface area contributed by atoms with Gasteiger partial charge in [-0.1, -0.05) is 19.1 Å². The molecule has 0 bridgehead atoms. The second-order valence-electron chi connectivity index (χ2n) is 5.57. The average molecular weight is 282 g/mol. The Balaban J connectivity index is 2.45. The zero-order chi connectivity index (χ0) is 14.2. The molecule has 0 saturated carbocycles. The van der Waals surface area contributed by atoms with E-state index in [0.717, 1.165) is 17.5 Å². The molecule has 19 heavy (non-hydrogen) atoms. The third-order valence-electron chi connectivity index (χ3n) is 3.80. The number of nitrogens with two attached hydrogens (primary N) is 1. The van der Waals surface area contributed by atoms with Crippen LogP contribution in [0, 0.1) is 12.8 Å². The van der Waals surface area contributed by atoms with Crippen LogP contribution < -0.4 is 5.73 Å². The van der Waals surface area contributed by atoms with Crippen molar-refractivity contribution in [3.05, 3.63) is 29.3 Å². The van der Waals surface area contributed by atoms with Crippen LogP contribution in [0.1, 0.15) is 31.4 Å². The molecule has 1 aromatic rings. The Bertz CT molecular complexity index is 569. The van der Waals surface area contributed by atoms with Crippen molar-refractivity contribution in [3.63, 3.8) is 0 Å². The first-order chi connectivity index (χ1) is 8.86. The van der Waals surface area contributed by atoms with Crippen molar-refractivity contribution in [2.75, 3.05) is 6.54 Å². The van der Waals surface area contributed by atoms with E-state index in [2.05, 4.69) is 6.92 Å². The molecular weight excluding hydrogens is 260 g/mol. The fourth-order valence-electron chi connectivity index (χ4n) is 2.77. The van der Waals surface area contributed by atoms with Crippen molar-refractivity contribution in [2.45, 2.75) is 44.7 Å². The Hall–Kier alpha value is -0.910. The fraction of sp³-hybridized carbons (Fsp3) is 0.571. The van der Waals surface area contributed by atoms with Crippen LogP contribution in [0.2, 0.25) is 0 Å².